The standard InChI is InChI=1S/C7H15N2O5P/c1-9(2,3)5-7(12,4-6(10)11)8-15(13)14/h12H,4-5H2,1-3H3,(H-,8,10,11,13,14). The molecule has 15 heavy (non-hydrogen) atoms. The fourth-order valence-corrected chi connectivity index (χ4v) is 1.81. The van der Waals surface area contributed by atoms with Crippen molar-refractivity contribution in [3.63, 3.8) is 0 Å². The van der Waals surface area contributed by atoms with E-state index in [4.69, 9.17) is 0 Å². The molecule has 0 fully saturated rings. The number of carboxylic acids is 1. The molecule has 0 aromatic rings. The minimum atomic E-state index is -3.07. The lowest BCUT2D eigenvalue weighted by Gasteiger charge is -2.33. The Labute approximate surface area is 88.8 Å². The maximum atomic E-state index is 10.4. The molecule has 0 aromatic heterocycles. The Kier molecular flexibility index (Phi) is 4.76. The third-order valence-corrected chi connectivity index (χ3v) is 2.07. The molecule has 0 aliphatic carbocycles. The van der Waals surface area contributed by atoms with Crippen LogP contribution < -0.4 is 15.1 Å². The Bertz CT molecular complexity index is 247. The third-order valence-electron chi connectivity index (χ3n) is 1.47. The summed E-state index contributed by atoms with van der Waals surface area (Å²) >= 11 is 0. The van der Waals surface area contributed by atoms with E-state index in [0.29, 0.717) is 0 Å². The summed E-state index contributed by atoms with van der Waals surface area (Å²) in [7, 11) is 2.01. The maximum Gasteiger partial charge on any atom is 0.411 e. The van der Waals surface area contributed by atoms with Gasteiger partial charge in [0.2, 0.25) is 5.72 Å². The Morgan fingerprint density at radius 3 is 2.27 bits per heavy atom. The fourth-order valence-electron chi connectivity index (χ4n) is 1.32. The maximum absolute atomic E-state index is 10.4. The van der Waals surface area contributed by atoms with Crippen molar-refractivity contribution in [3.8, 4) is 0 Å². The van der Waals surface area contributed by atoms with E-state index in [1.54, 1.807) is 21.1 Å². The van der Waals surface area contributed by atoms with Crippen molar-refractivity contribution in [2.24, 2.45) is 0 Å². The molecule has 2 atom stereocenters. The molecule has 0 radical (unpaired) electrons. The average molecular weight is 238 g/mol. The summed E-state index contributed by atoms with van der Waals surface area (Å²) < 4.78 is 10.6. The van der Waals surface area contributed by atoms with Gasteiger partial charge < -0.3 is 24.4 Å². The van der Waals surface area contributed by atoms with Gasteiger partial charge in [0, 0.05) is 12.4 Å². The quantitative estimate of drug-likeness (QED) is 0.292. The second kappa shape index (κ2) is 4.96. The third kappa shape index (κ3) is 7.35. The molecule has 88 valence electrons. The summed E-state index contributed by atoms with van der Waals surface area (Å²) in [6, 6.07) is 0. The van der Waals surface area contributed by atoms with Crippen molar-refractivity contribution in [2.45, 2.75) is 12.1 Å². The van der Waals surface area contributed by atoms with Crippen LogP contribution >= 0.6 is 8.18 Å². The van der Waals surface area contributed by atoms with Crippen LogP contribution in [0, 0.1) is 0 Å². The molecule has 0 bridgehead atoms. The summed E-state index contributed by atoms with van der Waals surface area (Å²) in [5.41, 5.74) is -2.01. The van der Waals surface area contributed by atoms with Gasteiger partial charge in [-0.15, -0.1) is 0 Å². The highest BCUT2D eigenvalue weighted by Crippen LogP contribution is 2.16. The summed E-state index contributed by atoms with van der Waals surface area (Å²) in [5, 5.41) is 21.9. The van der Waals surface area contributed by atoms with E-state index in [2.05, 4.69) is 0 Å². The molecule has 0 spiro atoms. The van der Waals surface area contributed by atoms with Gasteiger partial charge >= 0.3 is 8.18 Å². The number of aliphatic carboxylic acids is 1. The van der Waals surface area contributed by atoms with Crippen molar-refractivity contribution in [2.75, 3.05) is 27.7 Å². The Morgan fingerprint density at radius 1 is 1.53 bits per heavy atom. The van der Waals surface area contributed by atoms with Gasteiger partial charge in [0.15, 0.2) is 0 Å². The number of carbonyl (C=O) groups excluding carboxylic acids is 1. The van der Waals surface area contributed by atoms with Crippen LogP contribution in [0.1, 0.15) is 6.42 Å². The second-order valence-electron chi connectivity index (χ2n) is 4.40. The van der Waals surface area contributed by atoms with Crippen LogP contribution in [0.2, 0.25) is 0 Å². The molecule has 0 aromatic carbocycles. The lowest BCUT2D eigenvalue weighted by atomic mass is 10.1. The van der Waals surface area contributed by atoms with E-state index in [9.17, 15) is 24.5 Å². The number of carbonyl (C=O) groups is 1. The molecule has 2 N–H and O–H groups in total. The van der Waals surface area contributed by atoms with E-state index in [0.717, 1.165) is 0 Å². The van der Waals surface area contributed by atoms with Crippen LogP contribution in [0.5, 0.6) is 0 Å². The molecule has 0 aliphatic heterocycles. The number of carboxylic acid groups (broad SMARTS) is 1. The van der Waals surface area contributed by atoms with E-state index < -0.39 is 26.3 Å². The van der Waals surface area contributed by atoms with Gasteiger partial charge in [0.25, 0.3) is 0 Å². The van der Waals surface area contributed by atoms with Gasteiger partial charge in [-0.3, -0.25) is 0 Å². The number of quaternary nitrogens is 1. The number of hydrogen-bond acceptors (Lipinski definition) is 5. The van der Waals surface area contributed by atoms with Gasteiger partial charge in [0.05, 0.1) is 21.1 Å². The normalized spacial score (nSPS) is 17.0. The SMILES string of the molecule is C[N+](C)(C)CC(O)(CC(=O)[O-])N[P+](=O)[O-]. The van der Waals surface area contributed by atoms with Crippen LogP contribution in [-0.4, -0.2) is 49.0 Å². The molecule has 8 heteroatoms. The summed E-state index contributed by atoms with van der Waals surface area (Å²) in [4.78, 5) is 20.8. The van der Waals surface area contributed by atoms with Gasteiger partial charge in [-0.25, -0.2) is 0 Å². The molecular formula is C7H15N2O5P. The first-order chi connectivity index (χ1) is 6.54. The summed E-state index contributed by atoms with van der Waals surface area (Å²) in [6.45, 7) is -0.0791. The fraction of sp³-hybridized carbons (Fsp3) is 0.857. The smallest absolute Gasteiger partial charge is 0.411 e. The summed E-state index contributed by atoms with van der Waals surface area (Å²) in [6.07, 6.45) is -0.786. The van der Waals surface area contributed by atoms with E-state index in [1.165, 1.54) is 0 Å². The largest absolute Gasteiger partial charge is 0.578 e. The van der Waals surface area contributed by atoms with Crippen LogP contribution in [0.4, 0.5) is 0 Å². The van der Waals surface area contributed by atoms with Crippen LogP contribution in [0.25, 0.3) is 0 Å². The Balaban J connectivity index is 4.69. The topological polar surface area (TPSA) is 113 Å². The molecule has 0 heterocycles. The zero-order valence-electron chi connectivity index (χ0n) is 8.89. The lowest BCUT2D eigenvalue weighted by molar-refractivity contribution is -0.877. The van der Waals surface area contributed by atoms with Gasteiger partial charge in [0.1, 0.15) is 6.54 Å². The zero-order valence-corrected chi connectivity index (χ0v) is 9.78. The monoisotopic (exact) mass is 238 g/mol. The first kappa shape index (κ1) is 14.4. The average Bonchev–Trinajstić information content (AvgIpc) is 1.73. The predicted molar refractivity (Wildman–Crippen MR) is 48.2 cm³/mol. The molecule has 0 rings (SSSR count). The molecular weight excluding hydrogens is 223 g/mol. The first-order valence-corrected chi connectivity index (χ1v) is 5.37. The van der Waals surface area contributed by atoms with Crippen molar-refractivity contribution in [1.29, 1.82) is 0 Å². The van der Waals surface area contributed by atoms with E-state index in [1.807, 2.05) is 5.09 Å². The Hall–Kier alpha value is -0.590. The highest BCUT2D eigenvalue weighted by Gasteiger charge is 2.38. The van der Waals surface area contributed by atoms with Crippen LogP contribution in [0.3, 0.4) is 0 Å². The van der Waals surface area contributed by atoms with Crippen molar-refractivity contribution in [3.05, 3.63) is 0 Å². The van der Waals surface area contributed by atoms with Gasteiger partial charge in [-0.05, 0) is 0 Å². The highest BCUT2D eigenvalue weighted by molar-refractivity contribution is 7.34. The predicted octanol–water partition coefficient (Wildman–Crippen LogP) is -2.87. The van der Waals surface area contributed by atoms with Gasteiger partial charge in [-0.1, -0.05) is 9.65 Å². The summed E-state index contributed by atoms with van der Waals surface area (Å²) in [5.74, 6) is -1.52. The van der Waals surface area contributed by atoms with Crippen LogP contribution in [-0.2, 0) is 9.36 Å². The lowest BCUT2D eigenvalue weighted by Crippen LogP contribution is -2.58. The highest BCUT2D eigenvalue weighted by atomic mass is 31.1. The molecule has 0 aliphatic rings. The van der Waals surface area contributed by atoms with E-state index in [-0.39, 0.29) is 11.0 Å². The van der Waals surface area contributed by atoms with Crippen LogP contribution in [0.15, 0.2) is 0 Å². The minimum absolute atomic E-state index is 0.0791. The molecule has 2 unspecified atom stereocenters. The van der Waals surface area contributed by atoms with Gasteiger partial charge in [-0.2, -0.15) is 0 Å². The van der Waals surface area contributed by atoms with Crippen molar-refractivity contribution in [1.82, 2.24) is 5.09 Å². The first-order valence-electron chi connectivity index (χ1n) is 4.19. The molecule has 0 amide bonds. The Morgan fingerprint density at radius 2 is 2.00 bits per heavy atom. The molecule has 0 saturated carbocycles. The number of likely N-dealkylation sites (N-methyl/N-ethyl adjacent to an activating group) is 1. The number of nitrogens with one attached hydrogen (secondary N) is 1. The number of aliphatic hydroxyl groups is 1. The number of rotatable bonds is 6. The second-order valence-corrected chi connectivity index (χ2v) is 5.14. The number of hydrogen-bond donors (Lipinski definition) is 2. The molecule has 0 saturated heterocycles. The molecule has 7 nitrogen and oxygen atoms in total. The van der Waals surface area contributed by atoms with Crippen molar-refractivity contribution < 1.29 is 28.9 Å². The van der Waals surface area contributed by atoms with E-state index >= 15 is 0 Å². The van der Waals surface area contributed by atoms with Crippen molar-refractivity contribution >= 4 is 14.1 Å². The zero-order chi connectivity index (χ0) is 12.3. The number of nitrogens with zero attached hydrogens (tertiary/aromatic N) is 1. The minimum Gasteiger partial charge on any atom is -0.578 e.